The average Bonchev–Trinajstić information content (AvgIpc) is 2.43. The number of allylic oxidation sites excluding steroid dienone is 2. The van der Waals surface area contributed by atoms with Crippen LogP contribution in [0.25, 0.3) is 0 Å². The zero-order chi connectivity index (χ0) is 15.8. The summed E-state index contributed by atoms with van der Waals surface area (Å²) in [5.41, 5.74) is 0. The van der Waals surface area contributed by atoms with Crippen molar-refractivity contribution >= 4 is 11.9 Å². The zero-order valence-corrected chi connectivity index (χ0v) is 14.1. The monoisotopic (exact) mass is 294 g/mol. The van der Waals surface area contributed by atoms with Crippen LogP contribution in [-0.2, 0) is 4.79 Å². The topological polar surface area (TPSA) is 47.9 Å². The maximum atomic E-state index is 11.7. The van der Waals surface area contributed by atoms with Crippen LogP contribution in [0.3, 0.4) is 0 Å². The molecule has 1 amide bonds. The van der Waals surface area contributed by atoms with Gasteiger partial charge in [0.15, 0.2) is 5.96 Å². The van der Waals surface area contributed by atoms with E-state index in [0.717, 1.165) is 18.9 Å². The summed E-state index contributed by atoms with van der Waals surface area (Å²) < 4.78 is 0. The minimum Gasteiger partial charge on any atom is -0.354 e. The van der Waals surface area contributed by atoms with E-state index in [4.69, 9.17) is 0 Å². The van der Waals surface area contributed by atoms with E-state index in [1.54, 1.807) is 19.0 Å². The number of guanidine groups is 1. The van der Waals surface area contributed by atoms with Crippen molar-refractivity contribution in [2.75, 3.05) is 34.2 Å². The molecule has 5 nitrogen and oxygen atoms in total. The molecule has 1 aliphatic carbocycles. The van der Waals surface area contributed by atoms with Crippen LogP contribution in [0.1, 0.15) is 33.1 Å². The summed E-state index contributed by atoms with van der Waals surface area (Å²) in [7, 11) is 5.56. The fourth-order valence-corrected chi connectivity index (χ4v) is 2.31. The van der Waals surface area contributed by atoms with Gasteiger partial charge in [-0.15, -0.1) is 0 Å². The summed E-state index contributed by atoms with van der Waals surface area (Å²) in [6.07, 6.45) is 8.06. The molecule has 1 aliphatic rings. The van der Waals surface area contributed by atoms with Crippen LogP contribution in [-0.4, -0.2) is 61.9 Å². The molecule has 0 bridgehead atoms. The number of likely N-dealkylation sites (N-methyl/N-ethyl adjacent to an activating group) is 1. The summed E-state index contributed by atoms with van der Waals surface area (Å²) in [4.78, 5) is 19.9. The predicted molar refractivity (Wildman–Crippen MR) is 88.4 cm³/mol. The lowest BCUT2D eigenvalue weighted by Gasteiger charge is -2.29. The fraction of sp³-hybridized carbons (Fsp3) is 0.750. The highest BCUT2D eigenvalue weighted by molar-refractivity contribution is 5.84. The highest BCUT2D eigenvalue weighted by atomic mass is 16.2. The van der Waals surface area contributed by atoms with E-state index in [-0.39, 0.29) is 12.5 Å². The zero-order valence-electron chi connectivity index (χ0n) is 14.1. The van der Waals surface area contributed by atoms with E-state index >= 15 is 0 Å². The number of carbonyl (C=O) groups excluding carboxylic acids is 1. The fourth-order valence-electron chi connectivity index (χ4n) is 2.31. The Morgan fingerprint density at radius 1 is 1.33 bits per heavy atom. The molecule has 0 aliphatic heterocycles. The van der Waals surface area contributed by atoms with Gasteiger partial charge in [-0.1, -0.05) is 12.2 Å². The Morgan fingerprint density at radius 2 is 2.05 bits per heavy atom. The normalized spacial score (nSPS) is 18.8. The molecular weight excluding hydrogens is 264 g/mol. The Balaban J connectivity index is 2.64. The second kappa shape index (κ2) is 8.70. The second-order valence-corrected chi connectivity index (χ2v) is 6.26. The van der Waals surface area contributed by atoms with Crippen molar-refractivity contribution in [3.63, 3.8) is 0 Å². The Labute approximate surface area is 129 Å². The maximum Gasteiger partial charge on any atom is 0.243 e. The van der Waals surface area contributed by atoms with E-state index in [1.807, 2.05) is 7.05 Å². The maximum absolute atomic E-state index is 11.7. The van der Waals surface area contributed by atoms with Gasteiger partial charge in [0, 0.05) is 33.7 Å². The van der Waals surface area contributed by atoms with Crippen molar-refractivity contribution in [3.8, 4) is 0 Å². The van der Waals surface area contributed by atoms with E-state index in [0.29, 0.717) is 12.0 Å². The van der Waals surface area contributed by atoms with Gasteiger partial charge in [-0.3, -0.25) is 4.79 Å². The summed E-state index contributed by atoms with van der Waals surface area (Å²) in [6.45, 7) is 5.33. The first-order valence-corrected chi connectivity index (χ1v) is 7.77. The molecule has 0 fully saturated rings. The van der Waals surface area contributed by atoms with Crippen LogP contribution in [0, 0.1) is 5.92 Å². The van der Waals surface area contributed by atoms with Gasteiger partial charge in [-0.05, 0) is 39.0 Å². The first-order valence-electron chi connectivity index (χ1n) is 7.77. The van der Waals surface area contributed by atoms with Crippen molar-refractivity contribution in [1.82, 2.24) is 15.1 Å². The van der Waals surface area contributed by atoms with Crippen LogP contribution in [0.15, 0.2) is 17.1 Å². The molecule has 1 unspecified atom stereocenters. The first kappa shape index (κ1) is 17.5. The van der Waals surface area contributed by atoms with Crippen molar-refractivity contribution in [1.29, 1.82) is 0 Å². The van der Waals surface area contributed by atoms with Crippen molar-refractivity contribution in [2.45, 2.75) is 39.2 Å². The molecule has 1 atom stereocenters. The molecule has 0 aromatic rings. The summed E-state index contributed by atoms with van der Waals surface area (Å²) >= 11 is 0. The van der Waals surface area contributed by atoms with Gasteiger partial charge < -0.3 is 15.1 Å². The van der Waals surface area contributed by atoms with E-state index in [1.165, 1.54) is 12.8 Å². The molecule has 0 aromatic heterocycles. The molecule has 0 saturated heterocycles. The number of hydrogen-bond donors (Lipinski definition) is 1. The highest BCUT2D eigenvalue weighted by Crippen LogP contribution is 2.18. The standard InChI is InChI=1S/C16H30N4O/c1-13(2)18-16(17-11-15(21)19(3)4)20(5)12-14-9-7-6-8-10-14/h6-7,13-14H,8-12H2,1-5H3,(H,17,18). The Hall–Kier alpha value is -1.52. The smallest absolute Gasteiger partial charge is 0.243 e. The number of nitrogens with zero attached hydrogens (tertiary/aromatic N) is 3. The second-order valence-electron chi connectivity index (χ2n) is 6.26. The third kappa shape index (κ3) is 6.65. The molecule has 0 saturated carbocycles. The van der Waals surface area contributed by atoms with Gasteiger partial charge in [-0.2, -0.15) is 0 Å². The lowest BCUT2D eigenvalue weighted by molar-refractivity contribution is -0.127. The van der Waals surface area contributed by atoms with E-state index in [9.17, 15) is 4.79 Å². The minimum atomic E-state index is 0.0204. The summed E-state index contributed by atoms with van der Waals surface area (Å²) in [5.74, 6) is 1.51. The first-order chi connectivity index (χ1) is 9.90. The van der Waals surface area contributed by atoms with Gasteiger partial charge in [-0.25, -0.2) is 4.99 Å². The van der Waals surface area contributed by atoms with Gasteiger partial charge in [0.1, 0.15) is 6.54 Å². The molecule has 1 N–H and O–H groups in total. The Kier molecular flexibility index (Phi) is 7.26. The van der Waals surface area contributed by atoms with Crippen LogP contribution < -0.4 is 5.32 Å². The number of aliphatic imine (C=N–C) groups is 1. The lowest BCUT2D eigenvalue weighted by atomic mass is 9.94. The Bertz CT molecular complexity index is 388. The molecular formula is C16H30N4O. The van der Waals surface area contributed by atoms with Gasteiger partial charge in [0.2, 0.25) is 5.91 Å². The number of amides is 1. The molecule has 21 heavy (non-hydrogen) atoms. The molecule has 120 valence electrons. The van der Waals surface area contributed by atoms with Crippen LogP contribution in [0.5, 0.6) is 0 Å². The predicted octanol–water partition coefficient (Wildman–Crippen LogP) is 1.72. The van der Waals surface area contributed by atoms with Crippen LogP contribution >= 0.6 is 0 Å². The SMILES string of the molecule is CC(C)NC(=NCC(=O)N(C)C)N(C)CC1CC=CCC1. The third-order valence-corrected chi connectivity index (χ3v) is 3.55. The third-order valence-electron chi connectivity index (χ3n) is 3.55. The summed E-state index contributed by atoms with van der Waals surface area (Å²) in [6, 6.07) is 0.298. The van der Waals surface area contributed by atoms with Crippen LogP contribution in [0.4, 0.5) is 0 Å². The van der Waals surface area contributed by atoms with E-state index < -0.39 is 0 Å². The van der Waals surface area contributed by atoms with Crippen molar-refractivity contribution < 1.29 is 4.79 Å². The quantitative estimate of drug-likeness (QED) is 0.477. The average molecular weight is 294 g/mol. The molecule has 0 spiro atoms. The van der Waals surface area contributed by atoms with Gasteiger partial charge in [0.25, 0.3) is 0 Å². The molecule has 0 radical (unpaired) electrons. The molecule has 0 aromatic carbocycles. The molecule has 5 heteroatoms. The number of hydrogen-bond acceptors (Lipinski definition) is 2. The highest BCUT2D eigenvalue weighted by Gasteiger charge is 2.16. The minimum absolute atomic E-state index is 0.0204. The van der Waals surface area contributed by atoms with E-state index in [2.05, 4.69) is 41.2 Å². The lowest BCUT2D eigenvalue weighted by Crippen LogP contribution is -2.44. The molecule has 1 rings (SSSR count). The Morgan fingerprint density at radius 3 is 2.57 bits per heavy atom. The number of carbonyl (C=O) groups is 1. The van der Waals surface area contributed by atoms with Crippen LogP contribution in [0.2, 0.25) is 0 Å². The van der Waals surface area contributed by atoms with Gasteiger partial charge in [0.05, 0.1) is 0 Å². The van der Waals surface area contributed by atoms with Crippen molar-refractivity contribution in [3.05, 3.63) is 12.2 Å². The van der Waals surface area contributed by atoms with Gasteiger partial charge >= 0.3 is 0 Å². The summed E-state index contributed by atoms with van der Waals surface area (Å²) in [5, 5.41) is 3.35. The molecule has 0 heterocycles. The number of nitrogens with one attached hydrogen (secondary N) is 1. The van der Waals surface area contributed by atoms with Crippen molar-refractivity contribution in [2.24, 2.45) is 10.9 Å². The largest absolute Gasteiger partial charge is 0.354 e. The number of rotatable bonds is 5.